The molecule has 1 unspecified atom stereocenters. The Morgan fingerprint density at radius 3 is 2.24 bits per heavy atom. The zero-order valence-electron chi connectivity index (χ0n) is 21.8. The van der Waals surface area contributed by atoms with Gasteiger partial charge >= 0.3 is 12.5 Å². The molecule has 1 heterocycles. The van der Waals surface area contributed by atoms with E-state index in [1.54, 1.807) is 24.3 Å². The summed E-state index contributed by atoms with van der Waals surface area (Å²) in [7, 11) is -1.37. The zero-order valence-corrected chi connectivity index (χ0v) is 22.6. The molecule has 42 heavy (non-hydrogen) atoms. The molecule has 0 radical (unpaired) electrons. The summed E-state index contributed by atoms with van der Waals surface area (Å²) < 4.78 is 111. The smallest absolute Gasteiger partial charge is 0.406 e. The van der Waals surface area contributed by atoms with Gasteiger partial charge in [0.25, 0.3) is 0 Å². The Morgan fingerprint density at radius 2 is 1.69 bits per heavy atom. The van der Waals surface area contributed by atoms with E-state index in [9.17, 15) is 30.6 Å². The Kier molecular flexibility index (Phi) is 8.36. The molecule has 0 aliphatic rings. The molecular weight excluding hydrogens is 591 g/mol. The van der Waals surface area contributed by atoms with Crippen LogP contribution in [0.15, 0.2) is 78.0 Å². The first kappa shape index (κ1) is 30.6. The Balaban J connectivity index is 1.90. The highest BCUT2D eigenvalue weighted by Gasteiger charge is 2.35. The van der Waals surface area contributed by atoms with E-state index in [2.05, 4.69) is 9.72 Å². The minimum atomic E-state index is -4.93. The summed E-state index contributed by atoms with van der Waals surface area (Å²) >= 11 is 0. The van der Waals surface area contributed by atoms with E-state index < -0.39 is 46.3 Å². The maximum atomic E-state index is 15.9. The van der Waals surface area contributed by atoms with Crippen LogP contribution in [0.1, 0.15) is 17.1 Å². The average Bonchev–Trinajstić information content (AvgIpc) is 3.30. The molecule has 0 bridgehead atoms. The van der Waals surface area contributed by atoms with Crippen molar-refractivity contribution >= 4 is 22.2 Å². The van der Waals surface area contributed by atoms with Crippen molar-refractivity contribution in [1.82, 2.24) is 9.55 Å². The van der Waals surface area contributed by atoms with Gasteiger partial charge in [-0.1, -0.05) is 12.1 Å². The third-order valence-corrected chi connectivity index (χ3v) is 6.93. The Bertz CT molecular complexity index is 1670. The predicted molar refractivity (Wildman–Crippen MR) is 143 cm³/mol. The van der Waals surface area contributed by atoms with Gasteiger partial charge in [-0.2, -0.15) is 13.2 Å². The number of ether oxygens (including phenoxy) is 1. The van der Waals surface area contributed by atoms with Crippen molar-refractivity contribution < 1.29 is 39.7 Å². The molecule has 0 amide bonds. The highest BCUT2D eigenvalue weighted by atomic mass is 32.2. The lowest BCUT2D eigenvalue weighted by Crippen LogP contribution is -2.31. The first-order valence-electron chi connectivity index (χ1n) is 11.8. The van der Waals surface area contributed by atoms with Crippen molar-refractivity contribution in [3.63, 3.8) is 0 Å². The number of nitrogens with zero attached hydrogens (tertiary/aromatic N) is 3. The van der Waals surface area contributed by atoms with E-state index in [1.807, 2.05) is 0 Å². The van der Waals surface area contributed by atoms with E-state index >= 15 is 4.39 Å². The SMILES string of the molecule is Cc1nc(C(F)(F)F)cn1-c1c(F)cc(-c2cccc(S(C)=O)c2)cc1N(N)/C(=C\N)c1ccc(OC(F)(F)F)cc1. The molecule has 4 aromatic rings. The van der Waals surface area contributed by atoms with Crippen molar-refractivity contribution in [3.8, 4) is 22.6 Å². The number of alkyl halides is 6. The maximum Gasteiger partial charge on any atom is 0.573 e. The van der Waals surface area contributed by atoms with Gasteiger partial charge < -0.3 is 10.5 Å². The van der Waals surface area contributed by atoms with Gasteiger partial charge in [-0.25, -0.2) is 15.2 Å². The molecule has 0 saturated carbocycles. The maximum absolute atomic E-state index is 15.9. The summed E-state index contributed by atoms with van der Waals surface area (Å²) in [5.74, 6) is 4.68. The molecule has 0 aliphatic heterocycles. The highest BCUT2D eigenvalue weighted by molar-refractivity contribution is 7.84. The lowest BCUT2D eigenvalue weighted by Gasteiger charge is -2.26. The molecule has 3 aromatic carbocycles. The van der Waals surface area contributed by atoms with Crippen LogP contribution in [0.4, 0.5) is 36.4 Å². The highest BCUT2D eigenvalue weighted by Crippen LogP contribution is 2.38. The van der Waals surface area contributed by atoms with Gasteiger partial charge in [0, 0.05) is 39.9 Å². The van der Waals surface area contributed by atoms with Gasteiger partial charge in [0.05, 0.1) is 11.4 Å². The number of nitrogens with two attached hydrogens (primary N) is 2. The summed E-state index contributed by atoms with van der Waals surface area (Å²) in [6.07, 6.45) is -6.69. The molecule has 1 atom stereocenters. The first-order chi connectivity index (χ1) is 19.6. The molecule has 15 heteroatoms. The van der Waals surface area contributed by atoms with Crippen molar-refractivity contribution in [1.29, 1.82) is 0 Å². The summed E-state index contributed by atoms with van der Waals surface area (Å²) in [6.45, 7) is 1.24. The normalized spacial score (nSPS) is 13.2. The number of hydrogen-bond donors (Lipinski definition) is 2. The number of benzene rings is 3. The lowest BCUT2D eigenvalue weighted by atomic mass is 10.0. The Morgan fingerprint density at radius 1 is 1.02 bits per heavy atom. The fourth-order valence-corrected chi connectivity index (χ4v) is 4.70. The molecule has 7 nitrogen and oxygen atoms in total. The van der Waals surface area contributed by atoms with E-state index in [0.717, 1.165) is 34.0 Å². The van der Waals surface area contributed by atoms with Gasteiger partial charge in [0.15, 0.2) is 5.69 Å². The minimum absolute atomic E-state index is 0.0383. The Hall–Kier alpha value is -4.37. The fourth-order valence-electron chi connectivity index (χ4n) is 4.14. The summed E-state index contributed by atoms with van der Waals surface area (Å²) in [4.78, 5) is 3.94. The predicted octanol–water partition coefficient (Wildman–Crippen LogP) is 6.28. The van der Waals surface area contributed by atoms with Crippen LogP contribution in [0.2, 0.25) is 0 Å². The molecule has 0 aliphatic carbocycles. The van der Waals surface area contributed by atoms with E-state index in [0.29, 0.717) is 16.7 Å². The summed E-state index contributed by atoms with van der Waals surface area (Å²) in [5.41, 5.74) is 4.75. The molecule has 1 aromatic heterocycles. The van der Waals surface area contributed by atoms with Crippen molar-refractivity contribution in [3.05, 3.63) is 96.0 Å². The van der Waals surface area contributed by atoms with Crippen LogP contribution in [-0.4, -0.2) is 26.4 Å². The second-order valence-corrected chi connectivity index (χ2v) is 10.2. The van der Waals surface area contributed by atoms with Gasteiger partial charge in [-0.3, -0.25) is 13.8 Å². The van der Waals surface area contributed by atoms with Crippen LogP contribution in [0.5, 0.6) is 5.75 Å². The molecule has 0 fully saturated rings. The van der Waals surface area contributed by atoms with Crippen LogP contribution in [0.25, 0.3) is 22.5 Å². The second-order valence-electron chi connectivity index (χ2n) is 8.84. The zero-order chi connectivity index (χ0) is 31.0. The molecule has 0 saturated heterocycles. The van der Waals surface area contributed by atoms with Gasteiger partial charge in [-0.15, -0.1) is 13.2 Å². The molecule has 0 spiro atoms. The van der Waals surface area contributed by atoms with Crippen molar-refractivity contribution in [2.45, 2.75) is 24.4 Å². The fraction of sp³-hybridized carbons (Fsp3) is 0.148. The first-order valence-corrected chi connectivity index (χ1v) is 13.4. The van der Waals surface area contributed by atoms with Gasteiger partial charge in [-0.05, 0) is 66.6 Å². The third kappa shape index (κ3) is 6.57. The quantitative estimate of drug-likeness (QED) is 0.145. The molecule has 4 rings (SSSR count). The molecular formula is C27H22F7N5O2S. The summed E-state index contributed by atoms with van der Waals surface area (Å²) in [5, 5.41) is 0.885. The largest absolute Gasteiger partial charge is 0.573 e. The molecule has 4 N–H and O–H groups in total. The number of halogens is 7. The number of hydrazine groups is 1. The van der Waals surface area contributed by atoms with Crippen molar-refractivity contribution in [2.75, 3.05) is 11.3 Å². The molecule has 222 valence electrons. The van der Waals surface area contributed by atoms with E-state index in [-0.39, 0.29) is 28.3 Å². The number of aromatic nitrogens is 2. The van der Waals surface area contributed by atoms with Crippen molar-refractivity contribution in [2.24, 2.45) is 11.6 Å². The monoisotopic (exact) mass is 613 g/mol. The lowest BCUT2D eigenvalue weighted by molar-refractivity contribution is -0.274. The summed E-state index contributed by atoms with van der Waals surface area (Å²) in [6, 6.07) is 13.3. The number of imidazole rings is 1. The number of hydrogen-bond acceptors (Lipinski definition) is 6. The van der Waals surface area contributed by atoms with Gasteiger partial charge in [0.2, 0.25) is 0 Å². The van der Waals surface area contributed by atoms with E-state index in [4.69, 9.17) is 11.6 Å². The number of rotatable bonds is 7. The average molecular weight is 614 g/mol. The number of anilines is 1. The van der Waals surface area contributed by atoms with Crippen LogP contribution in [0, 0.1) is 12.7 Å². The topological polar surface area (TPSA) is 99.4 Å². The van der Waals surface area contributed by atoms with Gasteiger partial charge in [0.1, 0.15) is 23.1 Å². The third-order valence-electron chi connectivity index (χ3n) is 6.02. The number of aryl methyl sites for hydroxylation is 1. The van der Waals surface area contributed by atoms with Crippen LogP contribution in [-0.2, 0) is 17.0 Å². The standard InChI is InChI=1S/C27H22F7N5O2S/c1-15-37-24(26(29,30)31)14-38(15)25-21(28)11-18(17-4-3-5-20(10-17)42(2)40)12-22(25)39(36)23(13-35)16-6-8-19(9-7-16)41-27(32,33)34/h3-14H,35-36H2,1-2H3/b23-13-. The van der Waals surface area contributed by atoms with E-state index in [1.165, 1.54) is 31.4 Å². The van der Waals surface area contributed by atoms with Crippen LogP contribution in [0.3, 0.4) is 0 Å². The van der Waals surface area contributed by atoms with Crippen LogP contribution >= 0.6 is 0 Å². The Labute approximate surface area is 237 Å². The van der Waals surface area contributed by atoms with Crippen LogP contribution < -0.4 is 21.3 Å². The second kappa shape index (κ2) is 11.5. The minimum Gasteiger partial charge on any atom is -0.406 e.